The van der Waals surface area contributed by atoms with Gasteiger partial charge in [0.15, 0.2) is 0 Å². The Morgan fingerprint density at radius 1 is 1.30 bits per heavy atom. The van der Waals surface area contributed by atoms with E-state index in [0.717, 1.165) is 28.1 Å². The number of hydrogen-bond donors (Lipinski definition) is 0. The summed E-state index contributed by atoms with van der Waals surface area (Å²) < 4.78 is 0. The van der Waals surface area contributed by atoms with E-state index in [1.807, 2.05) is 7.05 Å². The number of nitrogens with zero attached hydrogens (tertiary/aromatic N) is 3. The number of likely N-dealkylation sites (N-methyl/N-ethyl adjacent to an activating group) is 1. The number of benzene rings is 1. The maximum absolute atomic E-state index is 8.79. The highest BCUT2D eigenvalue weighted by Gasteiger charge is 2.19. The molecule has 120 valence electrons. The van der Waals surface area contributed by atoms with E-state index in [2.05, 4.69) is 37.7 Å². The van der Waals surface area contributed by atoms with Gasteiger partial charge in [0.2, 0.25) is 0 Å². The second-order valence-corrected chi connectivity index (χ2v) is 6.68. The fourth-order valence-electron chi connectivity index (χ4n) is 2.52. The second kappa shape index (κ2) is 7.21. The number of halogens is 2. The third-order valence-corrected chi connectivity index (χ3v) is 4.46. The molecule has 5 heteroatoms. The molecule has 0 spiro atoms. The normalized spacial score (nSPS) is 14.7. The van der Waals surface area contributed by atoms with Crippen LogP contribution in [0.5, 0.6) is 0 Å². The van der Waals surface area contributed by atoms with Crippen LogP contribution in [0.25, 0.3) is 0 Å². The van der Waals surface area contributed by atoms with E-state index in [-0.39, 0.29) is 0 Å². The summed E-state index contributed by atoms with van der Waals surface area (Å²) in [5.41, 5.74) is 4.60. The van der Waals surface area contributed by atoms with Crippen LogP contribution in [-0.4, -0.2) is 17.8 Å². The van der Waals surface area contributed by atoms with Gasteiger partial charge in [-0.05, 0) is 40.8 Å². The molecule has 0 fully saturated rings. The quantitative estimate of drug-likeness (QED) is 0.768. The zero-order valence-corrected chi connectivity index (χ0v) is 15.0. The molecule has 3 nitrogen and oxygen atoms in total. The first-order chi connectivity index (χ1) is 10.8. The summed E-state index contributed by atoms with van der Waals surface area (Å²) in [6.45, 7) is 8.33. The molecule has 0 aromatic heterocycles. The van der Waals surface area contributed by atoms with Crippen LogP contribution in [0.15, 0.2) is 41.2 Å². The molecule has 0 saturated heterocycles. The smallest absolute Gasteiger partial charge is 0.0669 e. The summed E-state index contributed by atoms with van der Waals surface area (Å²) in [4.78, 5) is 0. The van der Waals surface area contributed by atoms with Crippen LogP contribution in [0, 0.1) is 17.2 Å². The maximum Gasteiger partial charge on any atom is 0.0669 e. The predicted molar refractivity (Wildman–Crippen MR) is 96.7 cm³/mol. The minimum absolute atomic E-state index is 0.292. The third-order valence-electron chi connectivity index (χ3n) is 3.79. The van der Waals surface area contributed by atoms with Gasteiger partial charge >= 0.3 is 0 Å². The van der Waals surface area contributed by atoms with Crippen molar-refractivity contribution in [1.29, 1.82) is 5.26 Å². The minimum atomic E-state index is 0.292. The molecule has 0 amide bonds. The molecule has 2 rings (SSSR count). The number of nitriles is 1. The predicted octanol–water partition coefficient (Wildman–Crippen LogP) is 5.00. The van der Waals surface area contributed by atoms with E-state index in [1.54, 1.807) is 17.1 Å². The second-order valence-electron chi connectivity index (χ2n) is 5.87. The van der Waals surface area contributed by atoms with Gasteiger partial charge in [-0.25, -0.2) is 0 Å². The van der Waals surface area contributed by atoms with Gasteiger partial charge in [-0.15, -0.1) is 0 Å². The standard InChI is InChI=1S/C18H19Cl2N3/c1-11(2)15-9-14(22-23(4)12(15)3)10-16-17(19)7-13(5-6-21)8-18(16)20/h7-9,11H,3,5,10H2,1-2,4H3. The van der Waals surface area contributed by atoms with Crippen molar-refractivity contribution in [2.75, 3.05) is 7.05 Å². The fourth-order valence-corrected chi connectivity index (χ4v) is 3.18. The summed E-state index contributed by atoms with van der Waals surface area (Å²) in [6, 6.07) is 5.69. The van der Waals surface area contributed by atoms with E-state index in [4.69, 9.17) is 28.5 Å². The molecular weight excluding hydrogens is 329 g/mol. The minimum Gasteiger partial charge on any atom is -0.269 e. The van der Waals surface area contributed by atoms with Gasteiger partial charge < -0.3 is 0 Å². The van der Waals surface area contributed by atoms with Crippen molar-refractivity contribution < 1.29 is 0 Å². The van der Waals surface area contributed by atoms with E-state index >= 15 is 0 Å². The first kappa shape index (κ1) is 17.6. The molecule has 1 heterocycles. The Morgan fingerprint density at radius 3 is 2.43 bits per heavy atom. The molecule has 0 radical (unpaired) electrons. The van der Waals surface area contributed by atoms with E-state index in [1.165, 1.54) is 0 Å². The van der Waals surface area contributed by atoms with Crippen molar-refractivity contribution in [3.05, 3.63) is 57.2 Å². The topological polar surface area (TPSA) is 39.4 Å². The van der Waals surface area contributed by atoms with E-state index < -0.39 is 0 Å². The molecule has 0 unspecified atom stereocenters. The average molecular weight is 348 g/mol. The summed E-state index contributed by atoms with van der Waals surface area (Å²) >= 11 is 12.7. The van der Waals surface area contributed by atoms with Crippen LogP contribution >= 0.6 is 23.2 Å². The lowest BCUT2D eigenvalue weighted by molar-refractivity contribution is 0.439. The van der Waals surface area contributed by atoms with Crippen LogP contribution in [-0.2, 0) is 12.8 Å². The van der Waals surface area contributed by atoms with Crippen LogP contribution in [0.3, 0.4) is 0 Å². The van der Waals surface area contributed by atoms with Gasteiger partial charge in [-0.1, -0.05) is 43.6 Å². The molecule has 1 aliphatic rings. The lowest BCUT2D eigenvalue weighted by atomic mass is 9.95. The zero-order valence-electron chi connectivity index (χ0n) is 13.5. The Bertz CT molecular complexity index is 716. The molecule has 0 N–H and O–H groups in total. The summed E-state index contributed by atoms with van der Waals surface area (Å²) in [6.07, 6.45) is 2.89. The largest absolute Gasteiger partial charge is 0.269 e. The Labute approximate surface area is 147 Å². The van der Waals surface area contributed by atoms with Crippen molar-refractivity contribution in [2.24, 2.45) is 11.0 Å². The lowest BCUT2D eigenvalue weighted by Gasteiger charge is -2.27. The van der Waals surface area contributed by atoms with Crippen LogP contribution < -0.4 is 0 Å². The van der Waals surface area contributed by atoms with Crippen molar-refractivity contribution in [3.63, 3.8) is 0 Å². The lowest BCUT2D eigenvalue weighted by Crippen LogP contribution is -2.22. The summed E-state index contributed by atoms with van der Waals surface area (Å²) in [5, 5.41) is 16.2. The number of allylic oxidation sites excluding steroid dienone is 2. The van der Waals surface area contributed by atoms with Gasteiger partial charge in [0, 0.05) is 23.5 Å². The Kier molecular flexibility index (Phi) is 5.51. The first-order valence-corrected chi connectivity index (χ1v) is 8.15. The van der Waals surface area contributed by atoms with Crippen molar-refractivity contribution in [1.82, 2.24) is 5.01 Å². The monoisotopic (exact) mass is 347 g/mol. The highest BCUT2D eigenvalue weighted by molar-refractivity contribution is 6.36. The molecule has 1 aromatic carbocycles. The summed E-state index contributed by atoms with van der Waals surface area (Å²) in [5.74, 6) is 0.361. The van der Waals surface area contributed by atoms with Crippen molar-refractivity contribution >= 4 is 28.9 Å². The third kappa shape index (κ3) is 3.96. The van der Waals surface area contributed by atoms with Crippen molar-refractivity contribution in [2.45, 2.75) is 26.7 Å². The SMILES string of the molecule is C=C1C(C(C)C)=CC(Cc2c(Cl)cc(CC#N)cc2Cl)=NN1C. The van der Waals surface area contributed by atoms with E-state index in [0.29, 0.717) is 28.8 Å². The number of hydrogen-bond acceptors (Lipinski definition) is 3. The van der Waals surface area contributed by atoms with Crippen LogP contribution in [0.2, 0.25) is 10.0 Å². The van der Waals surface area contributed by atoms with Gasteiger partial charge in [0.1, 0.15) is 0 Å². The van der Waals surface area contributed by atoms with Crippen LogP contribution in [0.4, 0.5) is 0 Å². The number of rotatable bonds is 4. The number of hydrazone groups is 1. The Balaban J connectivity index is 2.34. The van der Waals surface area contributed by atoms with Gasteiger partial charge in [0.05, 0.1) is 23.9 Å². The maximum atomic E-state index is 8.79. The molecule has 0 aliphatic carbocycles. The molecule has 0 bridgehead atoms. The summed E-state index contributed by atoms with van der Waals surface area (Å²) in [7, 11) is 1.89. The fraction of sp³-hybridized carbons (Fsp3) is 0.333. The zero-order chi connectivity index (χ0) is 17.1. The highest BCUT2D eigenvalue weighted by atomic mass is 35.5. The molecular formula is C18H19Cl2N3. The first-order valence-electron chi connectivity index (χ1n) is 7.39. The van der Waals surface area contributed by atoms with Crippen LogP contribution in [0.1, 0.15) is 25.0 Å². The van der Waals surface area contributed by atoms with Gasteiger partial charge in [-0.3, -0.25) is 5.01 Å². The molecule has 23 heavy (non-hydrogen) atoms. The highest BCUT2D eigenvalue weighted by Crippen LogP contribution is 2.30. The molecule has 1 aliphatic heterocycles. The molecule has 1 aromatic rings. The van der Waals surface area contributed by atoms with Crippen molar-refractivity contribution in [3.8, 4) is 6.07 Å². The van der Waals surface area contributed by atoms with E-state index in [9.17, 15) is 0 Å². The van der Waals surface area contributed by atoms with Gasteiger partial charge in [-0.2, -0.15) is 10.4 Å². The molecule has 0 atom stereocenters. The average Bonchev–Trinajstić information content (AvgIpc) is 2.46. The Morgan fingerprint density at radius 2 is 1.91 bits per heavy atom. The Hall–Kier alpha value is -1.76. The molecule has 0 saturated carbocycles. The van der Waals surface area contributed by atoms with Gasteiger partial charge in [0.25, 0.3) is 0 Å².